The lowest BCUT2D eigenvalue weighted by atomic mass is 10.0. The molecule has 0 radical (unpaired) electrons. The fourth-order valence-corrected chi connectivity index (χ4v) is 3.61. The van der Waals surface area contributed by atoms with Gasteiger partial charge in [-0.2, -0.15) is 4.98 Å². The molecule has 0 spiro atoms. The first-order valence-electron chi connectivity index (χ1n) is 10.5. The molecule has 0 unspecified atom stereocenters. The minimum atomic E-state index is -4.93. The van der Waals surface area contributed by atoms with E-state index in [9.17, 15) is 22.4 Å². The summed E-state index contributed by atoms with van der Waals surface area (Å²) < 4.78 is 57.4. The van der Waals surface area contributed by atoms with Crippen molar-refractivity contribution >= 4 is 17.5 Å². The van der Waals surface area contributed by atoms with E-state index < -0.39 is 29.9 Å². The van der Waals surface area contributed by atoms with Gasteiger partial charge in [0.05, 0.1) is 17.3 Å². The minimum absolute atomic E-state index is 0.118. The number of fused-ring (bicyclic) bond motifs is 1. The summed E-state index contributed by atoms with van der Waals surface area (Å²) in [5.41, 5.74) is 8.07. The SMILES string of the molecule is CCc1ncc(-c2ccn3nc(N)nc3c2)cc1C(=O)N[C@@H](C)c1cc(OC(F)(F)F)ccc1F. The number of carbonyl (C=O) groups is 1. The van der Waals surface area contributed by atoms with Gasteiger partial charge in [0, 0.05) is 23.5 Å². The topological polar surface area (TPSA) is 107 Å². The maximum atomic E-state index is 14.3. The van der Waals surface area contributed by atoms with E-state index >= 15 is 0 Å². The Morgan fingerprint density at radius 2 is 1.97 bits per heavy atom. The number of aromatic nitrogens is 4. The van der Waals surface area contributed by atoms with Crippen molar-refractivity contribution in [3.63, 3.8) is 0 Å². The minimum Gasteiger partial charge on any atom is -0.406 e. The number of benzene rings is 1. The lowest BCUT2D eigenvalue weighted by Gasteiger charge is -2.18. The molecule has 3 aromatic heterocycles. The van der Waals surface area contributed by atoms with Gasteiger partial charge in [-0.1, -0.05) is 6.92 Å². The highest BCUT2D eigenvalue weighted by Crippen LogP contribution is 2.28. The number of hydrogen-bond donors (Lipinski definition) is 2. The average Bonchev–Trinajstić information content (AvgIpc) is 3.18. The third-order valence-corrected chi connectivity index (χ3v) is 5.25. The van der Waals surface area contributed by atoms with Crippen LogP contribution in [0.25, 0.3) is 16.8 Å². The molecule has 1 amide bonds. The van der Waals surface area contributed by atoms with Gasteiger partial charge in [-0.15, -0.1) is 18.3 Å². The van der Waals surface area contributed by atoms with E-state index in [0.717, 1.165) is 18.2 Å². The highest BCUT2D eigenvalue weighted by atomic mass is 19.4. The smallest absolute Gasteiger partial charge is 0.406 e. The first-order valence-corrected chi connectivity index (χ1v) is 10.5. The van der Waals surface area contributed by atoms with Crippen LogP contribution in [0.15, 0.2) is 48.8 Å². The maximum absolute atomic E-state index is 14.3. The molecule has 0 bridgehead atoms. The van der Waals surface area contributed by atoms with Crippen molar-refractivity contribution in [3.05, 3.63) is 71.4 Å². The number of ether oxygens (including phenoxy) is 1. The van der Waals surface area contributed by atoms with Crippen LogP contribution in [0.2, 0.25) is 0 Å². The van der Waals surface area contributed by atoms with E-state index in [2.05, 4.69) is 25.1 Å². The third kappa shape index (κ3) is 5.31. The van der Waals surface area contributed by atoms with E-state index in [1.54, 1.807) is 30.6 Å². The van der Waals surface area contributed by atoms with Gasteiger partial charge in [-0.25, -0.2) is 8.91 Å². The van der Waals surface area contributed by atoms with Crippen LogP contribution in [0.4, 0.5) is 23.5 Å². The zero-order valence-electron chi connectivity index (χ0n) is 18.6. The summed E-state index contributed by atoms with van der Waals surface area (Å²) in [5, 5.41) is 6.65. The van der Waals surface area contributed by atoms with Crippen molar-refractivity contribution in [3.8, 4) is 16.9 Å². The Labute approximate surface area is 196 Å². The van der Waals surface area contributed by atoms with Crippen molar-refractivity contribution in [2.45, 2.75) is 32.7 Å². The van der Waals surface area contributed by atoms with Crippen LogP contribution in [-0.4, -0.2) is 31.9 Å². The molecule has 0 fully saturated rings. The van der Waals surface area contributed by atoms with E-state index in [1.165, 1.54) is 11.4 Å². The fraction of sp³-hybridized carbons (Fsp3) is 0.217. The fourth-order valence-electron chi connectivity index (χ4n) is 3.61. The second-order valence-electron chi connectivity index (χ2n) is 7.69. The molecule has 4 rings (SSSR count). The van der Waals surface area contributed by atoms with Crippen LogP contribution < -0.4 is 15.8 Å². The number of rotatable bonds is 6. The molecule has 0 aliphatic rings. The number of anilines is 1. The van der Waals surface area contributed by atoms with Gasteiger partial charge < -0.3 is 15.8 Å². The van der Waals surface area contributed by atoms with Crippen LogP contribution >= 0.6 is 0 Å². The summed E-state index contributed by atoms with van der Waals surface area (Å²) in [7, 11) is 0. The Kier molecular flexibility index (Phi) is 6.29. The van der Waals surface area contributed by atoms with Crippen molar-refractivity contribution in [1.82, 2.24) is 24.9 Å². The largest absolute Gasteiger partial charge is 0.573 e. The van der Waals surface area contributed by atoms with Crippen molar-refractivity contribution in [2.75, 3.05) is 5.73 Å². The molecule has 1 atom stereocenters. The Hall–Kier alpha value is -4.22. The second-order valence-corrected chi connectivity index (χ2v) is 7.69. The van der Waals surface area contributed by atoms with Gasteiger partial charge in [-0.3, -0.25) is 9.78 Å². The van der Waals surface area contributed by atoms with Crippen molar-refractivity contribution < 1.29 is 27.1 Å². The Balaban J connectivity index is 1.62. The van der Waals surface area contributed by atoms with Crippen LogP contribution in [0.1, 0.15) is 41.5 Å². The van der Waals surface area contributed by atoms with Crippen molar-refractivity contribution in [2.24, 2.45) is 0 Å². The van der Waals surface area contributed by atoms with Gasteiger partial charge in [0.1, 0.15) is 11.6 Å². The van der Waals surface area contributed by atoms with Gasteiger partial charge in [0.2, 0.25) is 5.95 Å². The number of aryl methyl sites for hydroxylation is 1. The first-order chi connectivity index (χ1) is 16.5. The summed E-state index contributed by atoms with van der Waals surface area (Å²) in [6.45, 7) is 3.28. The molecule has 0 aliphatic carbocycles. The zero-order chi connectivity index (χ0) is 25.3. The Morgan fingerprint density at radius 3 is 2.69 bits per heavy atom. The number of nitrogens with one attached hydrogen (secondary N) is 1. The standard InChI is InChI=1S/C23H20F4N6O2/c1-3-19-17(8-14(11-29-19)13-6-7-33-20(9-13)31-22(28)32-33)21(34)30-12(2)16-10-15(4-5-18(16)24)35-23(25,26)27/h4-12H,3H2,1-2H3,(H2,28,32)(H,30,34)/t12-/m0/s1. The highest BCUT2D eigenvalue weighted by Gasteiger charge is 2.31. The van der Waals surface area contributed by atoms with Crippen LogP contribution in [0, 0.1) is 5.82 Å². The molecule has 4 aromatic rings. The number of nitrogens with two attached hydrogens (primary N) is 1. The molecule has 12 heteroatoms. The van der Waals surface area contributed by atoms with Crippen molar-refractivity contribution in [1.29, 1.82) is 0 Å². The molecule has 8 nitrogen and oxygen atoms in total. The molecule has 3 heterocycles. The van der Waals surface area contributed by atoms with E-state index in [1.807, 2.05) is 6.92 Å². The predicted molar refractivity (Wildman–Crippen MR) is 119 cm³/mol. The normalized spacial score (nSPS) is 12.5. The predicted octanol–water partition coefficient (Wildman–Crippen LogP) is 4.46. The lowest BCUT2D eigenvalue weighted by molar-refractivity contribution is -0.274. The lowest BCUT2D eigenvalue weighted by Crippen LogP contribution is -2.28. The summed E-state index contributed by atoms with van der Waals surface area (Å²) >= 11 is 0. The summed E-state index contributed by atoms with van der Waals surface area (Å²) in [5.74, 6) is -1.81. The van der Waals surface area contributed by atoms with Crippen LogP contribution in [-0.2, 0) is 6.42 Å². The molecular weight excluding hydrogens is 468 g/mol. The van der Waals surface area contributed by atoms with E-state index in [4.69, 9.17) is 5.73 Å². The van der Waals surface area contributed by atoms with Gasteiger partial charge >= 0.3 is 6.36 Å². The Morgan fingerprint density at radius 1 is 1.20 bits per heavy atom. The summed E-state index contributed by atoms with van der Waals surface area (Å²) in [4.78, 5) is 21.6. The molecule has 182 valence electrons. The maximum Gasteiger partial charge on any atom is 0.573 e. The second kappa shape index (κ2) is 9.20. The molecule has 3 N–H and O–H groups in total. The molecule has 35 heavy (non-hydrogen) atoms. The monoisotopic (exact) mass is 488 g/mol. The summed E-state index contributed by atoms with van der Waals surface area (Å²) in [6, 6.07) is 6.80. The molecule has 0 saturated carbocycles. The third-order valence-electron chi connectivity index (χ3n) is 5.25. The zero-order valence-corrected chi connectivity index (χ0v) is 18.6. The van der Waals surface area contributed by atoms with Crippen LogP contribution in [0.5, 0.6) is 5.75 Å². The first kappa shape index (κ1) is 23.9. The quantitative estimate of drug-likeness (QED) is 0.388. The number of carbonyl (C=O) groups excluding carboxylic acids is 1. The number of hydrogen-bond acceptors (Lipinski definition) is 6. The highest BCUT2D eigenvalue weighted by molar-refractivity contribution is 5.96. The number of nitrogen functional groups attached to an aromatic ring is 1. The number of halogens is 4. The van der Waals surface area contributed by atoms with E-state index in [0.29, 0.717) is 28.9 Å². The number of alkyl halides is 3. The molecule has 0 saturated heterocycles. The van der Waals surface area contributed by atoms with Gasteiger partial charge in [0.15, 0.2) is 5.65 Å². The number of nitrogens with zero attached hydrogens (tertiary/aromatic N) is 4. The molecular formula is C23H20F4N6O2. The number of pyridine rings is 2. The summed E-state index contributed by atoms with van der Waals surface area (Å²) in [6.07, 6.45) is -1.20. The molecule has 0 aliphatic heterocycles. The van der Waals surface area contributed by atoms with Crippen LogP contribution in [0.3, 0.4) is 0 Å². The average molecular weight is 488 g/mol. The number of amides is 1. The molecule has 1 aromatic carbocycles. The Bertz CT molecular complexity index is 1400. The van der Waals surface area contributed by atoms with Gasteiger partial charge in [-0.05, 0) is 55.3 Å². The van der Waals surface area contributed by atoms with Gasteiger partial charge in [0.25, 0.3) is 5.91 Å². The van der Waals surface area contributed by atoms with E-state index in [-0.39, 0.29) is 17.1 Å².